The SMILES string of the molecule is COCCCn1c(-c2ccc(O)cc2)nc2ccc(OCCCCCC(=O)OC)cc21.COCCCn1c(-c2ccc([N+](=O)[O-])cc2)nc2ccc(OCCCCCC(=O)O)cc21. The van der Waals surface area contributed by atoms with Gasteiger partial charge in [-0.1, -0.05) is 0 Å². The summed E-state index contributed by atoms with van der Waals surface area (Å²) < 4.78 is 31.1. The summed E-state index contributed by atoms with van der Waals surface area (Å²) >= 11 is 0. The average molecular weight is 868 g/mol. The molecule has 0 bridgehead atoms. The van der Waals surface area contributed by atoms with Gasteiger partial charge in [0.15, 0.2) is 0 Å². The number of benzene rings is 4. The molecule has 0 aliphatic rings. The van der Waals surface area contributed by atoms with Crippen LogP contribution in [0.5, 0.6) is 17.2 Å². The highest BCUT2D eigenvalue weighted by Crippen LogP contribution is 2.31. The normalized spacial score (nSPS) is 11.0. The molecule has 0 aliphatic heterocycles. The molecule has 16 nitrogen and oxygen atoms in total. The summed E-state index contributed by atoms with van der Waals surface area (Å²) in [5.41, 5.74) is 5.40. The zero-order valence-corrected chi connectivity index (χ0v) is 36.2. The van der Waals surface area contributed by atoms with Crippen LogP contribution in [0.2, 0.25) is 0 Å². The van der Waals surface area contributed by atoms with Crippen molar-refractivity contribution in [2.24, 2.45) is 0 Å². The number of phenols is 1. The van der Waals surface area contributed by atoms with Crippen LogP contribution in [0.15, 0.2) is 84.9 Å². The molecule has 0 atom stereocenters. The van der Waals surface area contributed by atoms with Gasteiger partial charge in [0.1, 0.15) is 28.9 Å². The van der Waals surface area contributed by atoms with Crippen molar-refractivity contribution in [3.63, 3.8) is 0 Å². The highest BCUT2D eigenvalue weighted by atomic mass is 16.6. The first-order valence-electron chi connectivity index (χ1n) is 21.2. The van der Waals surface area contributed by atoms with Gasteiger partial charge < -0.3 is 43.0 Å². The number of rotatable bonds is 25. The maximum Gasteiger partial charge on any atom is 0.305 e. The molecule has 2 N–H and O–H groups in total. The third kappa shape index (κ3) is 14.3. The fourth-order valence-corrected chi connectivity index (χ4v) is 6.94. The predicted octanol–water partition coefficient (Wildman–Crippen LogP) is 9.23. The number of carboxylic acids is 1. The Kier molecular flexibility index (Phi) is 18.7. The number of ether oxygens (including phenoxy) is 5. The number of esters is 1. The maximum atomic E-state index is 11.2. The number of hydrogen-bond donors (Lipinski definition) is 2. The standard InChI is InChI=1S/C24H30N2O5.C23H27N3O6/c1-29-15-6-14-26-22-17-20(31-16-5-3-4-7-23(28)30-2)12-13-21(22)25-24(26)18-8-10-19(27)11-9-18;1-31-14-5-13-25-21-16-19(32-15-4-2-3-6-22(27)28)11-12-20(21)24-23(25)17-7-9-18(10-8-17)26(29)30/h8-13,17,27H,3-7,14-16H2,1-2H3;7-12,16H,2-6,13-15H2,1H3,(H,27,28). The minimum Gasteiger partial charge on any atom is -0.508 e. The van der Waals surface area contributed by atoms with Crippen molar-refractivity contribution < 1.29 is 48.4 Å². The number of nitro groups is 1. The molecule has 0 spiro atoms. The summed E-state index contributed by atoms with van der Waals surface area (Å²) in [5.74, 6) is 2.39. The lowest BCUT2D eigenvalue weighted by molar-refractivity contribution is -0.384. The van der Waals surface area contributed by atoms with E-state index in [0.29, 0.717) is 45.8 Å². The van der Waals surface area contributed by atoms with Crippen LogP contribution in [-0.4, -0.2) is 93.9 Å². The van der Waals surface area contributed by atoms with Crippen molar-refractivity contribution in [3.05, 3.63) is 95.0 Å². The second-order valence-corrected chi connectivity index (χ2v) is 14.8. The number of nitrogens with zero attached hydrogens (tertiary/aromatic N) is 5. The predicted molar refractivity (Wildman–Crippen MR) is 239 cm³/mol. The third-order valence-electron chi connectivity index (χ3n) is 10.2. The topological polar surface area (TPSA) is 200 Å². The molecule has 4 aromatic carbocycles. The number of aryl methyl sites for hydroxylation is 2. The number of fused-ring (bicyclic) bond motifs is 2. The van der Waals surface area contributed by atoms with Gasteiger partial charge in [0.25, 0.3) is 5.69 Å². The third-order valence-corrected chi connectivity index (χ3v) is 10.2. The van der Waals surface area contributed by atoms with Gasteiger partial charge in [0.05, 0.1) is 47.3 Å². The number of methoxy groups -OCH3 is 3. The number of unbranched alkanes of at least 4 members (excludes halogenated alkanes) is 4. The van der Waals surface area contributed by atoms with Gasteiger partial charge in [-0.05, 0) is 112 Å². The van der Waals surface area contributed by atoms with Crippen LogP contribution in [0.1, 0.15) is 64.2 Å². The molecule has 0 fully saturated rings. The summed E-state index contributed by atoms with van der Waals surface area (Å²) in [5, 5.41) is 29.3. The highest BCUT2D eigenvalue weighted by Gasteiger charge is 2.16. The van der Waals surface area contributed by atoms with Gasteiger partial charge in [0, 0.05) is 88.8 Å². The van der Waals surface area contributed by atoms with Crippen LogP contribution in [0.4, 0.5) is 5.69 Å². The number of aromatic nitrogens is 4. The number of nitro benzene ring substituents is 1. The zero-order chi connectivity index (χ0) is 45.0. The van der Waals surface area contributed by atoms with Crippen LogP contribution < -0.4 is 9.47 Å². The molecule has 63 heavy (non-hydrogen) atoms. The van der Waals surface area contributed by atoms with Gasteiger partial charge in [-0.15, -0.1) is 0 Å². The van der Waals surface area contributed by atoms with Crippen molar-refractivity contribution >= 4 is 39.7 Å². The molecular weight excluding hydrogens is 811 g/mol. The van der Waals surface area contributed by atoms with E-state index in [1.54, 1.807) is 38.5 Å². The minimum absolute atomic E-state index is 0.0369. The van der Waals surface area contributed by atoms with E-state index in [2.05, 4.69) is 13.9 Å². The first kappa shape index (κ1) is 47.5. The van der Waals surface area contributed by atoms with Gasteiger partial charge in [-0.25, -0.2) is 9.97 Å². The van der Waals surface area contributed by atoms with Crippen molar-refractivity contribution in [2.45, 2.75) is 77.3 Å². The van der Waals surface area contributed by atoms with Crippen molar-refractivity contribution in [2.75, 3.05) is 47.8 Å². The van der Waals surface area contributed by atoms with Gasteiger partial charge in [-0.2, -0.15) is 0 Å². The van der Waals surface area contributed by atoms with Crippen molar-refractivity contribution in [1.29, 1.82) is 0 Å². The molecule has 2 aromatic heterocycles. The van der Waals surface area contributed by atoms with E-state index < -0.39 is 10.9 Å². The first-order valence-corrected chi connectivity index (χ1v) is 21.2. The molecule has 336 valence electrons. The van der Waals surface area contributed by atoms with Crippen LogP contribution in [0.25, 0.3) is 44.8 Å². The number of phenolic OH excluding ortho intramolecular Hbond substituents is 1. The number of carbonyl (C=O) groups is 2. The number of carbonyl (C=O) groups excluding carboxylic acids is 1. The zero-order valence-electron chi connectivity index (χ0n) is 36.2. The van der Waals surface area contributed by atoms with E-state index >= 15 is 0 Å². The number of non-ortho nitro benzene ring substituents is 1. The molecule has 6 rings (SSSR count). The van der Waals surface area contributed by atoms with Crippen LogP contribution in [-0.2, 0) is 36.9 Å². The number of aromatic hydroxyl groups is 1. The van der Waals surface area contributed by atoms with E-state index in [0.717, 1.165) is 108 Å². The average Bonchev–Trinajstić information content (AvgIpc) is 3.84. The van der Waals surface area contributed by atoms with E-state index in [1.165, 1.54) is 19.2 Å². The molecule has 0 saturated carbocycles. The Morgan fingerprint density at radius 3 is 1.54 bits per heavy atom. The van der Waals surface area contributed by atoms with E-state index in [4.69, 9.17) is 34.0 Å². The number of carboxylic acid groups (broad SMARTS) is 1. The summed E-state index contributed by atoms with van der Waals surface area (Å²) in [6, 6.07) is 25.1. The molecule has 0 radical (unpaired) electrons. The molecule has 2 heterocycles. The van der Waals surface area contributed by atoms with Crippen LogP contribution >= 0.6 is 0 Å². The highest BCUT2D eigenvalue weighted by molar-refractivity contribution is 5.83. The van der Waals surface area contributed by atoms with Crippen LogP contribution in [0, 0.1) is 10.1 Å². The molecule has 0 amide bonds. The molecule has 0 unspecified atom stereocenters. The molecule has 6 aromatic rings. The number of aliphatic carboxylic acids is 1. The summed E-state index contributed by atoms with van der Waals surface area (Å²) in [7, 11) is 4.77. The Bertz CT molecular complexity index is 2380. The Hall–Kier alpha value is -6.52. The van der Waals surface area contributed by atoms with E-state index in [9.17, 15) is 24.8 Å². The first-order chi connectivity index (χ1) is 30.6. The molecule has 0 saturated heterocycles. The Labute approximate surface area is 366 Å². The van der Waals surface area contributed by atoms with Crippen molar-refractivity contribution in [1.82, 2.24) is 19.1 Å². The van der Waals surface area contributed by atoms with Gasteiger partial charge in [0.2, 0.25) is 0 Å². The lowest BCUT2D eigenvalue weighted by Crippen LogP contribution is -2.04. The summed E-state index contributed by atoms with van der Waals surface area (Å²) in [4.78, 5) is 41.9. The summed E-state index contributed by atoms with van der Waals surface area (Å²) in [6.45, 7) is 3.81. The lowest BCUT2D eigenvalue weighted by atomic mass is 10.2. The largest absolute Gasteiger partial charge is 0.508 e. The van der Waals surface area contributed by atoms with Crippen LogP contribution in [0.3, 0.4) is 0 Å². The van der Waals surface area contributed by atoms with Crippen molar-refractivity contribution in [3.8, 4) is 40.0 Å². The Morgan fingerprint density at radius 1 is 0.619 bits per heavy atom. The molecule has 16 heteroatoms. The lowest BCUT2D eigenvalue weighted by Gasteiger charge is -2.10. The van der Waals surface area contributed by atoms with Gasteiger partial charge in [-0.3, -0.25) is 19.7 Å². The Morgan fingerprint density at radius 2 is 1.10 bits per heavy atom. The quantitative estimate of drug-likeness (QED) is 0.0239. The minimum atomic E-state index is -0.776. The monoisotopic (exact) mass is 867 g/mol. The van der Waals surface area contributed by atoms with Gasteiger partial charge >= 0.3 is 11.9 Å². The smallest absolute Gasteiger partial charge is 0.305 e. The fraction of sp³-hybridized carbons (Fsp3) is 0.404. The number of hydrogen-bond acceptors (Lipinski definition) is 12. The van der Waals surface area contributed by atoms with E-state index in [1.807, 2.05) is 48.5 Å². The second-order valence-electron chi connectivity index (χ2n) is 14.8. The maximum absolute atomic E-state index is 11.2. The second kappa shape index (κ2) is 24.8. The van der Waals surface area contributed by atoms with E-state index in [-0.39, 0.29) is 23.8 Å². The molecular formula is C47H57N5O11. The summed E-state index contributed by atoms with van der Waals surface area (Å²) in [6.07, 6.45) is 7.09. The fourth-order valence-electron chi connectivity index (χ4n) is 6.94. The number of imidazole rings is 2. The Balaban J connectivity index is 0.000000238. The molecule has 0 aliphatic carbocycles.